The summed E-state index contributed by atoms with van der Waals surface area (Å²) in [7, 11) is 0. The van der Waals surface area contributed by atoms with Crippen molar-refractivity contribution in [3.63, 3.8) is 0 Å². The second-order valence-electron chi connectivity index (χ2n) is 1.90. The summed E-state index contributed by atoms with van der Waals surface area (Å²) >= 11 is 0. The van der Waals surface area contributed by atoms with Gasteiger partial charge in [-0.05, 0) is 6.42 Å². The van der Waals surface area contributed by atoms with Gasteiger partial charge in [0.15, 0.2) is 0 Å². The van der Waals surface area contributed by atoms with E-state index in [-0.39, 0.29) is 5.91 Å². The Hall–Kier alpha value is -1.06. The standard InChI is InChI=1S/C6H10NO3/c1-2-3-5(8)7-4-6(9)10/h2-4H2,1H3,(H,7,8). The van der Waals surface area contributed by atoms with Crippen LogP contribution in [0.15, 0.2) is 0 Å². The fraction of sp³-hybridized carbons (Fsp3) is 0.667. The van der Waals surface area contributed by atoms with E-state index < -0.39 is 12.5 Å². The van der Waals surface area contributed by atoms with Gasteiger partial charge in [0.1, 0.15) is 6.54 Å². The molecule has 1 N–H and O–H groups in total. The van der Waals surface area contributed by atoms with E-state index in [1.54, 1.807) is 0 Å². The zero-order chi connectivity index (χ0) is 7.98. The zero-order valence-electron chi connectivity index (χ0n) is 5.85. The van der Waals surface area contributed by atoms with Crippen molar-refractivity contribution in [1.29, 1.82) is 0 Å². The number of rotatable bonds is 4. The SMILES string of the molecule is CCCC(=O)NCC([O])=O. The third kappa shape index (κ3) is 5.08. The van der Waals surface area contributed by atoms with Gasteiger partial charge in [0.25, 0.3) is 0 Å². The van der Waals surface area contributed by atoms with E-state index in [4.69, 9.17) is 0 Å². The zero-order valence-corrected chi connectivity index (χ0v) is 5.85. The van der Waals surface area contributed by atoms with Crippen molar-refractivity contribution in [3.05, 3.63) is 0 Å². The van der Waals surface area contributed by atoms with Crippen LogP contribution in [-0.2, 0) is 14.7 Å². The first-order chi connectivity index (χ1) is 4.66. The molecular formula is C6H10NO3. The van der Waals surface area contributed by atoms with Gasteiger partial charge in [0, 0.05) is 6.42 Å². The summed E-state index contributed by atoms with van der Waals surface area (Å²) in [6.45, 7) is 1.46. The van der Waals surface area contributed by atoms with Crippen LogP contribution in [0.3, 0.4) is 0 Å². The first-order valence-corrected chi connectivity index (χ1v) is 3.13. The quantitative estimate of drug-likeness (QED) is 0.596. The molecule has 0 saturated heterocycles. The van der Waals surface area contributed by atoms with Crippen molar-refractivity contribution < 1.29 is 14.7 Å². The molecule has 1 amide bonds. The van der Waals surface area contributed by atoms with E-state index in [1.165, 1.54) is 0 Å². The number of hydrogen-bond donors (Lipinski definition) is 1. The van der Waals surface area contributed by atoms with Crippen LogP contribution in [0.5, 0.6) is 0 Å². The summed E-state index contributed by atoms with van der Waals surface area (Å²) in [6, 6.07) is 0. The highest BCUT2D eigenvalue weighted by Crippen LogP contribution is 1.84. The van der Waals surface area contributed by atoms with Gasteiger partial charge < -0.3 is 5.32 Å². The van der Waals surface area contributed by atoms with Gasteiger partial charge in [0.05, 0.1) is 0 Å². The molecule has 0 aliphatic rings. The second-order valence-corrected chi connectivity index (χ2v) is 1.90. The largest absolute Gasteiger partial charge is 0.374 e. The normalized spacial score (nSPS) is 8.90. The lowest BCUT2D eigenvalue weighted by Crippen LogP contribution is -2.28. The van der Waals surface area contributed by atoms with Gasteiger partial charge in [0.2, 0.25) is 5.91 Å². The second kappa shape index (κ2) is 4.78. The van der Waals surface area contributed by atoms with E-state index in [0.29, 0.717) is 6.42 Å². The lowest BCUT2D eigenvalue weighted by molar-refractivity contribution is -0.143. The van der Waals surface area contributed by atoms with Crippen molar-refractivity contribution in [3.8, 4) is 0 Å². The third-order valence-corrected chi connectivity index (χ3v) is 0.907. The monoisotopic (exact) mass is 144 g/mol. The number of carbonyl (C=O) groups excluding carboxylic acids is 2. The molecule has 0 aromatic carbocycles. The average molecular weight is 144 g/mol. The van der Waals surface area contributed by atoms with Crippen LogP contribution in [0.25, 0.3) is 0 Å². The van der Waals surface area contributed by atoms with E-state index in [2.05, 4.69) is 5.32 Å². The summed E-state index contributed by atoms with van der Waals surface area (Å²) in [5.41, 5.74) is 0. The lowest BCUT2D eigenvalue weighted by Gasteiger charge is -1.96. The van der Waals surface area contributed by atoms with Gasteiger partial charge in [-0.1, -0.05) is 6.92 Å². The molecule has 0 unspecified atom stereocenters. The topological polar surface area (TPSA) is 66.1 Å². The van der Waals surface area contributed by atoms with Crippen molar-refractivity contribution in [2.24, 2.45) is 0 Å². The predicted molar refractivity (Wildman–Crippen MR) is 33.6 cm³/mol. The van der Waals surface area contributed by atoms with Crippen LogP contribution in [0, 0.1) is 0 Å². The van der Waals surface area contributed by atoms with E-state index in [0.717, 1.165) is 6.42 Å². The number of hydrogen-bond acceptors (Lipinski definition) is 2. The number of amides is 1. The molecule has 0 aromatic rings. The Morgan fingerprint density at radius 2 is 2.00 bits per heavy atom. The van der Waals surface area contributed by atoms with Crippen LogP contribution in [-0.4, -0.2) is 18.4 Å². The van der Waals surface area contributed by atoms with Crippen molar-refractivity contribution in [2.45, 2.75) is 19.8 Å². The molecule has 0 saturated carbocycles. The van der Waals surface area contributed by atoms with Gasteiger partial charge in [-0.3, -0.25) is 4.79 Å². The Labute approximate surface area is 59.2 Å². The molecule has 0 spiro atoms. The number of carbonyl (C=O) groups is 2. The molecule has 1 radical (unpaired) electrons. The molecule has 4 heteroatoms. The first kappa shape index (κ1) is 8.94. The van der Waals surface area contributed by atoms with Crippen LogP contribution in [0.2, 0.25) is 0 Å². The molecule has 0 atom stereocenters. The molecule has 10 heavy (non-hydrogen) atoms. The van der Waals surface area contributed by atoms with E-state index in [1.807, 2.05) is 6.92 Å². The molecule has 0 rings (SSSR count). The third-order valence-electron chi connectivity index (χ3n) is 0.907. The van der Waals surface area contributed by atoms with Crippen LogP contribution >= 0.6 is 0 Å². The average Bonchev–Trinajstić information content (AvgIpc) is 1.85. The molecule has 0 aliphatic heterocycles. The maximum Gasteiger partial charge on any atom is 0.374 e. The maximum absolute atomic E-state index is 10.5. The minimum Gasteiger partial charge on any atom is -0.345 e. The van der Waals surface area contributed by atoms with Crippen molar-refractivity contribution >= 4 is 11.9 Å². The molecule has 57 valence electrons. The molecule has 4 nitrogen and oxygen atoms in total. The van der Waals surface area contributed by atoms with Gasteiger partial charge in [-0.25, -0.2) is 9.90 Å². The molecule has 0 aliphatic carbocycles. The Morgan fingerprint density at radius 1 is 1.40 bits per heavy atom. The Bertz CT molecular complexity index is 133. The van der Waals surface area contributed by atoms with Gasteiger partial charge in [-0.15, -0.1) is 0 Å². The molecule has 0 aromatic heterocycles. The fourth-order valence-electron chi connectivity index (χ4n) is 0.486. The van der Waals surface area contributed by atoms with E-state index in [9.17, 15) is 14.7 Å². The Kier molecular flexibility index (Phi) is 4.28. The Balaban J connectivity index is 3.30. The molecular weight excluding hydrogens is 134 g/mol. The molecule has 0 fully saturated rings. The van der Waals surface area contributed by atoms with Crippen LogP contribution in [0.4, 0.5) is 0 Å². The lowest BCUT2D eigenvalue weighted by atomic mass is 10.3. The fourth-order valence-corrected chi connectivity index (χ4v) is 0.486. The van der Waals surface area contributed by atoms with Crippen molar-refractivity contribution in [1.82, 2.24) is 5.32 Å². The summed E-state index contributed by atoms with van der Waals surface area (Å²) in [6.07, 6.45) is 1.09. The van der Waals surface area contributed by atoms with Gasteiger partial charge in [-0.2, -0.15) is 0 Å². The molecule has 0 bridgehead atoms. The summed E-state index contributed by atoms with van der Waals surface area (Å²) in [5.74, 6) is -1.50. The van der Waals surface area contributed by atoms with Crippen molar-refractivity contribution in [2.75, 3.05) is 6.54 Å². The van der Waals surface area contributed by atoms with Crippen LogP contribution < -0.4 is 5.32 Å². The smallest absolute Gasteiger partial charge is 0.345 e. The summed E-state index contributed by atoms with van der Waals surface area (Å²) < 4.78 is 0. The first-order valence-electron chi connectivity index (χ1n) is 3.13. The minimum atomic E-state index is -1.26. The van der Waals surface area contributed by atoms with E-state index >= 15 is 0 Å². The number of nitrogens with one attached hydrogen (secondary N) is 1. The maximum atomic E-state index is 10.5. The summed E-state index contributed by atoms with van der Waals surface area (Å²) in [4.78, 5) is 20.3. The molecule has 0 heterocycles. The Morgan fingerprint density at radius 3 is 2.40 bits per heavy atom. The summed E-state index contributed by atoms with van der Waals surface area (Å²) in [5, 5.41) is 12.0. The minimum absolute atomic E-state index is 0.244. The highest BCUT2D eigenvalue weighted by Gasteiger charge is 2.02. The predicted octanol–water partition coefficient (Wildman–Crippen LogP) is -0.140. The highest BCUT2D eigenvalue weighted by atomic mass is 16.4. The van der Waals surface area contributed by atoms with Gasteiger partial charge >= 0.3 is 5.97 Å². The van der Waals surface area contributed by atoms with Crippen LogP contribution in [0.1, 0.15) is 19.8 Å². The highest BCUT2D eigenvalue weighted by molar-refractivity contribution is 5.80.